The van der Waals surface area contributed by atoms with Gasteiger partial charge in [0.25, 0.3) is 5.91 Å². The van der Waals surface area contributed by atoms with Crippen LogP contribution >= 0.6 is 15.9 Å². The molecule has 104 valence electrons. The SMILES string of the molecule is CCC(=O)N1CCC(NC(=O)c2ccc(Br)o2)CC1. The van der Waals surface area contributed by atoms with E-state index in [1.165, 1.54) is 0 Å². The molecule has 1 aromatic heterocycles. The van der Waals surface area contributed by atoms with Gasteiger partial charge in [-0.1, -0.05) is 6.92 Å². The number of piperidine rings is 1. The predicted molar refractivity (Wildman–Crippen MR) is 73.8 cm³/mol. The zero-order valence-electron chi connectivity index (χ0n) is 10.8. The van der Waals surface area contributed by atoms with Gasteiger partial charge in [0.2, 0.25) is 5.91 Å². The van der Waals surface area contributed by atoms with Crippen molar-refractivity contribution in [1.29, 1.82) is 0 Å². The van der Waals surface area contributed by atoms with E-state index in [1.807, 2.05) is 11.8 Å². The summed E-state index contributed by atoms with van der Waals surface area (Å²) >= 11 is 3.17. The minimum Gasteiger partial charge on any atom is -0.444 e. The molecule has 1 aliphatic heterocycles. The maximum absolute atomic E-state index is 11.9. The van der Waals surface area contributed by atoms with Crippen LogP contribution in [0.15, 0.2) is 21.2 Å². The molecular weight excluding hydrogens is 312 g/mol. The quantitative estimate of drug-likeness (QED) is 0.924. The number of nitrogens with one attached hydrogen (secondary N) is 1. The fourth-order valence-electron chi connectivity index (χ4n) is 2.19. The summed E-state index contributed by atoms with van der Waals surface area (Å²) in [4.78, 5) is 25.3. The second-order valence-electron chi connectivity index (χ2n) is 4.59. The van der Waals surface area contributed by atoms with Crippen molar-refractivity contribution in [3.05, 3.63) is 22.6 Å². The largest absolute Gasteiger partial charge is 0.444 e. The van der Waals surface area contributed by atoms with Crippen LogP contribution in [0.2, 0.25) is 0 Å². The molecule has 1 aliphatic rings. The van der Waals surface area contributed by atoms with Gasteiger partial charge in [-0.2, -0.15) is 0 Å². The second kappa shape index (κ2) is 6.23. The average Bonchev–Trinajstić information content (AvgIpc) is 2.85. The lowest BCUT2D eigenvalue weighted by atomic mass is 10.0. The van der Waals surface area contributed by atoms with Gasteiger partial charge in [-0.25, -0.2) is 0 Å². The van der Waals surface area contributed by atoms with Gasteiger partial charge >= 0.3 is 0 Å². The van der Waals surface area contributed by atoms with Crippen LogP contribution in [-0.4, -0.2) is 35.8 Å². The van der Waals surface area contributed by atoms with Crippen molar-refractivity contribution < 1.29 is 14.0 Å². The monoisotopic (exact) mass is 328 g/mol. The van der Waals surface area contributed by atoms with Crippen LogP contribution in [-0.2, 0) is 4.79 Å². The van der Waals surface area contributed by atoms with Gasteiger partial charge in [0.1, 0.15) is 0 Å². The summed E-state index contributed by atoms with van der Waals surface area (Å²) in [6, 6.07) is 3.43. The van der Waals surface area contributed by atoms with Crippen LogP contribution in [0.4, 0.5) is 0 Å². The number of likely N-dealkylation sites (tertiary alicyclic amines) is 1. The second-order valence-corrected chi connectivity index (χ2v) is 5.37. The third-order valence-corrected chi connectivity index (χ3v) is 3.71. The molecule has 6 heteroatoms. The number of furan rings is 1. The maximum Gasteiger partial charge on any atom is 0.287 e. The Balaban J connectivity index is 1.82. The van der Waals surface area contributed by atoms with Crippen LogP contribution in [0.1, 0.15) is 36.7 Å². The number of amides is 2. The smallest absolute Gasteiger partial charge is 0.287 e. The average molecular weight is 329 g/mol. The Kier molecular flexibility index (Phi) is 4.63. The van der Waals surface area contributed by atoms with Gasteiger partial charge in [-0.15, -0.1) is 0 Å². The summed E-state index contributed by atoms with van der Waals surface area (Å²) in [5.41, 5.74) is 0. The Morgan fingerprint density at radius 2 is 2.11 bits per heavy atom. The molecule has 0 bridgehead atoms. The summed E-state index contributed by atoms with van der Waals surface area (Å²) in [5.74, 6) is 0.282. The summed E-state index contributed by atoms with van der Waals surface area (Å²) < 4.78 is 5.75. The van der Waals surface area contributed by atoms with Crippen LogP contribution in [0.3, 0.4) is 0 Å². The number of carbonyl (C=O) groups is 2. The van der Waals surface area contributed by atoms with E-state index in [9.17, 15) is 9.59 Å². The van der Waals surface area contributed by atoms with Crippen LogP contribution in [0.25, 0.3) is 0 Å². The summed E-state index contributed by atoms with van der Waals surface area (Å²) in [5, 5.41) is 2.93. The zero-order chi connectivity index (χ0) is 13.8. The summed E-state index contributed by atoms with van der Waals surface area (Å²) in [6.45, 7) is 3.28. The molecular formula is C13H17BrN2O3. The molecule has 2 amide bonds. The lowest BCUT2D eigenvalue weighted by molar-refractivity contribution is -0.131. The molecule has 2 heterocycles. The van der Waals surface area contributed by atoms with Gasteiger partial charge in [0, 0.05) is 25.6 Å². The zero-order valence-corrected chi connectivity index (χ0v) is 12.4. The highest BCUT2D eigenvalue weighted by molar-refractivity contribution is 9.10. The molecule has 0 unspecified atom stereocenters. The topological polar surface area (TPSA) is 62.6 Å². The maximum atomic E-state index is 11.9. The van der Waals surface area contributed by atoms with E-state index in [1.54, 1.807) is 12.1 Å². The molecule has 1 N–H and O–H groups in total. The molecule has 0 aliphatic carbocycles. The van der Waals surface area contributed by atoms with E-state index >= 15 is 0 Å². The van der Waals surface area contributed by atoms with E-state index in [2.05, 4.69) is 21.2 Å². The van der Waals surface area contributed by atoms with Crippen molar-refractivity contribution in [1.82, 2.24) is 10.2 Å². The number of halogens is 1. The van der Waals surface area contributed by atoms with Crippen molar-refractivity contribution in [3.8, 4) is 0 Å². The first kappa shape index (κ1) is 14.1. The minimum absolute atomic E-state index is 0.109. The molecule has 0 spiro atoms. The Hall–Kier alpha value is -1.30. The van der Waals surface area contributed by atoms with E-state index in [0.717, 1.165) is 12.8 Å². The molecule has 19 heavy (non-hydrogen) atoms. The molecule has 1 fully saturated rings. The van der Waals surface area contributed by atoms with Gasteiger partial charge in [0.15, 0.2) is 10.4 Å². The fourth-order valence-corrected chi connectivity index (χ4v) is 2.50. The number of hydrogen-bond donors (Lipinski definition) is 1. The molecule has 1 aromatic rings. The summed E-state index contributed by atoms with van der Waals surface area (Å²) in [6.07, 6.45) is 2.12. The lowest BCUT2D eigenvalue weighted by Gasteiger charge is -2.32. The molecule has 0 radical (unpaired) electrons. The highest BCUT2D eigenvalue weighted by Gasteiger charge is 2.24. The first-order valence-electron chi connectivity index (χ1n) is 6.44. The van der Waals surface area contributed by atoms with Crippen LogP contribution < -0.4 is 5.32 Å². The molecule has 0 saturated carbocycles. The molecule has 0 atom stereocenters. The van der Waals surface area contributed by atoms with Crippen molar-refractivity contribution in [2.45, 2.75) is 32.2 Å². The third-order valence-electron chi connectivity index (χ3n) is 3.28. The highest BCUT2D eigenvalue weighted by atomic mass is 79.9. The lowest BCUT2D eigenvalue weighted by Crippen LogP contribution is -2.46. The van der Waals surface area contributed by atoms with Crippen molar-refractivity contribution in [2.75, 3.05) is 13.1 Å². The Morgan fingerprint density at radius 3 is 2.63 bits per heavy atom. The predicted octanol–water partition coefficient (Wildman–Crippen LogP) is 2.17. The van der Waals surface area contributed by atoms with Gasteiger partial charge < -0.3 is 14.6 Å². The molecule has 0 aromatic carbocycles. The van der Waals surface area contributed by atoms with Gasteiger partial charge in [-0.05, 0) is 40.9 Å². The normalized spacial score (nSPS) is 16.4. The van der Waals surface area contributed by atoms with Crippen LogP contribution in [0.5, 0.6) is 0 Å². The van der Waals surface area contributed by atoms with Gasteiger partial charge in [-0.3, -0.25) is 9.59 Å². The number of hydrogen-bond acceptors (Lipinski definition) is 3. The van der Waals surface area contributed by atoms with Crippen LogP contribution in [0, 0.1) is 0 Å². The number of rotatable bonds is 3. The first-order chi connectivity index (χ1) is 9.10. The van der Waals surface area contributed by atoms with Gasteiger partial charge in [0.05, 0.1) is 0 Å². The Morgan fingerprint density at radius 1 is 1.42 bits per heavy atom. The molecule has 2 rings (SSSR count). The number of carbonyl (C=O) groups excluding carboxylic acids is 2. The summed E-state index contributed by atoms with van der Waals surface area (Å²) in [7, 11) is 0. The van der Waals surface area contributed by atoms with E-state index in [4.69, 9.17) is 4.42 Å². The fraction of sp³-hybridized carbons (Fsp3) is 0.538. The molecule has 5 nitrogen and oxygen atoms in total. The van der Waals surface area contributed by atoms with Crippen molar-refractivity contribution in [3.63, 3.8) is 0 Å². The van der Waals surface area contributed by atoms with E-state index < -0.39 is 0 Å². The number of nitrogens with zero attached hydrogens (tertiary/aromatic N) is 1. The van der Waals surface area contributed by atoms with E-state index in [-0.39, 0.29) is 17.9 Å². The Bertz CT molecular complexity index is 464. The van der Waals surface area contributed by atoms with Crippen molar-refractivity contribution in [2.24, 2.45) is 0 Å². The highest BCUT2D eigenvalue weighted by Crippen LogP contribution is 2.16. The standard InChI is InChI=1S/C13H17BrN2O3/c1-2-12(17)16-7-5-9(6-8-16)15-13(18)10-3-4-11(14)19-10/h3-4,9H,2,5-8H2,1H3,(H,15,18). The molecule has 1 saturated heterocycles. The van der Waals surface area contributed by atoms with Crippen molar-refractivity contribution >= 4 is 27.7 Å². The van der Waals surface area contributed by atoms with E-state index in [0.29, 0.717) is 29.9 Å². The first-order valence-corrected chi connectivity index (χ1v) is 7.23. The Labute approximate surface area is 120 Å². The minimum atomic E-state index is -0.203. The third kappa shape index (κ3) is 3.59.